The number of carbonyl (C=O) groups is 1. The lowest BCUT2D eigenvalue weighted by molar-refractivity contribution is 0.102. The summed E-state index contributed by atoms with van der Waals surface area (Å²) in [4.78, 5) is 16.7. The van der Waals surface area contributed by atoms with Crippen LogP contribution in [0.3, 0.4) is 0 Å². The van der Waals surface area contributed by atoms with Crippen molar-refractivity contribution < 1.29 is 4.79 Å². The predicted octanol–water partition coefficient (Wildman–Crippen LogP) is 5.46. The zero-order chi connectivity index (χ0) is 17.8. The van der Waals surface area contributed by atoms with Gasteiger partial charge >= 0.3 is 0 Å². The molecule has 0 aliphatic heterocycles. The highest BCUT2D eigenvalue weighted by atomic mass is 79.9. The van der Waals surface area contributed by atoms with E-state index in [1.54, 1.807) is 18.5 Å². The summed E-state index contributed by atoms with van der Waals surface area (Å²) in [5, 5.41) is 6.20. The Bertz CT molecular complexity index is 924. The lowest BCUT2D eigenvalue weighted by atomic mass is 10.2. The van der Waals surface area contributed by atoms with E-state index in [0.29, 0.717) is 5.56 Å². The van der Waals surface area contributed by atoms with Gasteiger partial charge in [-0.25, -0.2) is 0 Å². The molecule has 126 valence electrons. The van der Waals surface area contributed by atoms with Gasteiger partial charge in [-0.2, -0.15) is 0 Å². The first-order valence-electron chi connectivity index (χ1n) is 7.88. The molecule has 0 saturated heterocycles. The molecule has 0 aliphatic rings. The zero-order valence-corrected chi connectivity index (χ0v) is 15.6. The van der Waals surface area contributed by atoms with E-state index in [2.05, 4.69) is 31.5 Å². The van der Waals surface area contributed by atoms with Crippen molar-refractivity contribution in [3.63, 3.8) is 0 Å². The number of nitrogens with zero attached hydrogens (tertiary/aromatic N) is 1. The maximum absolute atomic E-state index is 12.5. The summed E-state index contributed by atoms with van der Waals surface area (Å²) in [5.74, 6) is -0.203. The molecule has 0 unspecified atom stereocenters. The maximum atomic E-state index is 12.5. The number of aromatic nitrogens is 1. The molecule has 2 aromatic carbocycles. The second-order valence-corrected chi connectivity index (χ2v) is 6.69. The first kappa shape index (κ1) is 17.2. The van der Waals surface area contributed by atoms with E-state index in [1.807, 2.05) is 56.3 Å². The number of nitrogens with one attached hydrogen (secondary N) is 2. The fraction of sp³-hybridized carbons (Fsp3) is 0.100. The Kier molecular flexibility index (Phi) is 5.14. The minimum atomic E-state index is -0.203. The van der Waals surface area contributed by atoms with Crippen molar-refractivity contribution in [2.75, 3.05) is 10.6 Å². The normalized spacial score (nSPS) is 10.4. The Labute approximate surface area is 155 Å². The van der Waals surface area contributed by atoms with Crippen molar-refractivity contribution >= 4 is 38.9 Å². The van der Waals surface area contributed by atoms with E-state index in [9.17, 15) is 4.79 Å². The number of rotatable bonds is 4. The number of benzene rings is 2. The van der Waals surface area contributed by atoms with Crippen LogP contribution in [0.1, 0.15) is 21.5 Å². The number of halogens is 1. The van der Waals surface area contributed by atoms with Crippen LogP contribution in [0.15, 0.2) is 65.4 Å². The maximum Gasteiger partial charge on any atom is 0.257 e. The standard InChI is InChI=1S/C20H18BrN3O/c1-13-7-8-19(17(21)9-13)24-20(25)15-10-16(12-22-11-15)23-18-6-4-3-5-14(18)2/h3-12,23H,1-2H3,(H,24,25). The summed E-state index contributed by atoms with van der Waals surface area (Å²) in [5.41, 5.74) is 5.23. The number of anilines is 3. The molecule has 4 nitrogen and oxygen atoms in total. The Hall–Kier alpha value is -2.66. The second kappa shape index (κ2) is 7.49. The topological polar surface area (TPSA) is 54.0 Å². The van der Waals surface area contributed by atoms with Crippen LogP contribution in [0, 0.1) is 13.8 Å². The zero-order valence-electron chi connectivity index (χ0n) is 14.0. The SMILES string of the molecule is Cc1ccc(NC(=O)c2cncc(Nc3ccccc3C)c2)c(Br)c1. The molecule has 3 rings (SSSR count). The average Bonchev–Trinajstić information content (AvgIpc) is 2.60. The molecule has 0 fully saturated rings. The van der Waals surface area contributed by atoms with Gasteiger partial charge in [0.25, 0.3) is 5.91 Å². The molecule has 1 aromatic heterocycles. The Morgan fingerprint density at radius 2 is 1.80 bits per heavy atom. The van der Waals surface area contributed by atoms with Crippen molar-refractivity contribution in [2.45, 2.75) is 13.8 Å². The van der Waals surface area contributed by atoms with E-state index in [4.69, 9.17) is 0 Å². The molecular weight excluding hydrogens is 378 g/mol. The highest BCUT2D eigenvalue weighted by molar-refractivity contribution is 9.10. The summed E-state index contributed by atoms with van der Waals surface area (Å²) in [6.45, 7) is 4.03. The number of para-hydroxylation sites is 1. The quantitative estimate of drug-likeness (QED) is 0.616. The smallest absolute Gasteiger partial charge is 0.257 e. The molecule has 0 aliphatic carbocycles. The molecule has 2 N–H and O–H groups in total. The molecule has 0 saturated carbocycles. The number of amides is 1. The van der Waals surface area contributed by atoms with Gasteiger partial charge in [-0.3, -0.25) is 9.78 Å². The third kappa shape index (κ3) is 4.25. The molecule has 0 radical (unpaired) electrons. The minimum Gasteiger partial charge on any atom is -0.354 e. The first-order valence-corrected chi connectivity index (χ1v) is 8.67. The van der Waals surface area contributed by atoms with Crippen molar-refractivity contribution in [1.82, 2.24) is 4.98 Å². The van der Waals surface area contributed by atoms with Crippen molar-refractivity contribution in [1.29, 1.82) is 0 Å². The molecule has 0 bridgehead atoms. The number of carbonyl (C=O) groups excluding carboxylic acids is 1. The highest BCUT2D eigenvalue weighted by Gasteiger charge is 2.10. The molecule has 5 heteroatoms. The Balaban J connectivity index is 1.79. The number of hydrogen-bond acceptors (Lipinski definition) is 3. The van der Waals surface area contributed by atoms with E-state index in [-0.39, 0.29) is 5.91 Å². The largest absolute Gasteiger partial charge is 0.354 e. The van der Waals surface area contributed by atoms with E-state index >= 15 is 0 Å². The molecule has 1 amide bonds. The van der Waals surface area contributed by atoms with Crippen LogP contribution in [-0.2, 0) is 0 Å². The fourth-order valence-electron chi connectivity index (χ4n) is 2.42. The third-order valence-corrected chi connectivity index (χ3v) is 4.45. The third-order valence-electron chi connectivity index (χ3n) is 3.80. The van der Waals surface area contributed by atoms with Crippen LogP contribution in [0.2, 0.25) is 0 Å². The fourth-order valence-corrected chi connectivity index (χ4v) is 3.01. The van der Waals surface area contributed by atoms with E-state index in [1.165, 1.54) is 0 Å². The summed E-state index contributed by atoms with van der Waals surface area (Å²) in [7, 11) is 0. The lowest BCUT2D eigenvalue weighted by Gasteiger charge is -2.11. The molecule has 0 atom stereocenters. The van der Waals surface area contributed by atoms with Gasteiger partial charge < -0.3 is 10.6 Å². The van der Waals surface area contributed by atoms with Crippen LogP contribution in [0.5, 0.6) is 0 Å². The minimum absolute atomic E-state index is 0.203. The van der Waals surface area contributed by atoms with Gasteiger partial charge in [-0.15, -0.1) is 0 Å². The van der Waals surface area contributed by atoms with Crippen LogP contribution < -0.4 is 10.6 Å². The van der Waals surface area contributed by atoms with Gasteiger partial charge in [0.05, 0.1) is 23.1 Å². The van der Waals surface area contributed by atoms with Gasteiger partial charge in [0, 0.05) is 16.4 Å². The molecule has 1 heterocycles. The lowest BCUT2D eigenvalue weighted by Crippen LogP contribution is -2.13. The molecule has 3 aromatic rings. The van der Waals surface area contributed by atoms with Crippen LogP contribution >= 0.6 is 15.9 Å². The van der Waals surface area contributed by atoms with E-state index in [0.717, 1.165) is 32.7 Å². The van der Waals surface area contributed by atoms with Crippen LogP contribution in [0.4, 0.5) is 17.1 Å². The van der Waals surface area contributed by atoms with Gasteiger partial charge in [-0.1, -0.05) is 24.3 Å². The van der Waals surface area contributed by atoms with Crippen molar-refractivity contribution in [2.24, 2.45) is 0 Å². The first-order chi connectivity index (χ1) is 12.0. The summed E-state index contributed by atoms with van der Waals surface area (Å²) in [6, 6.07) is 15.6. The molecule has 25 heavy (non-hydrogen) atoms. The highest BCUT2D eigenvalue weighted by Crippen LogP contribution is 2.25. The van der Waals surface area contributed by atoms with E-state index < -0.39 is 0 Å². The Morgan fingerprint density at radius 3 is 2.56 bits per heavy atom. The summed E-state index contributed by atoms with van der Waals surface area (Å²) in [6.07, 6.45) is 3.26. The van der Waals surface area contributed by atoms with Crippen molar-refractivity contribution in [3.05, 3.63) is 82.1 Å². The van der Waals surface area contributed by atoms with Gasteiger partial charge in [0.1, 0.15) is 0 Å². The van der Waals surface area contributed by atoms with Gasteiger partial charge in [-0.05, 0) is 65.2 Å². The molecule has 0 spiro atoms. The number of hydrogen-bond donors (Lipinski definition) is 2. The Morgan fingerprint density at radius 1 is 1.00 bits per heavy atom. The summed E-state index contributed by atoms with van der Waals surface area (Å²) < 4.78 is 0.850. The van der Waals surface area contributed by atoms with Crippen molar-refractivity contribution in [3.8, 4) is 0 Å². The van der Waals surface area contributed by atoms with Gasteiger partial charge in [0.15, 0.2) is 0 Å². The van der Waals surface area contributed by atoms with Crippen LogP contribution in [0.25, 0.3) is 0 Å². The average molecular weight is 396 g/mol. The predicted molar refractivity (Wildman–Crippen MR) is 106 cm³/mol. The monoisotopic (exact) mass is 395 g/mol. The second-order valence-electron chi connectivity index (χ2n) is 5.84. The number of pyridine rings is 1. The van der Waals surface area contributed by atoms with Gasteiger partial charge in [0.2, 0.25) is 0 Å². The number of aryl methyl sites for hydroxylation is 2. The summed E-state index contributed by atoms with van der Waals surface area (Å²) >= 11 is 3.47. The van der Waals surface area contributed by atoms with Crippen LogP contribution in [-0.4, -0.2) is 10.9 Å². The molecular formula is C20H18BrN3O.